The number of nitrogens with one attached hydrogen (secondary N) is 14. The maximum Gasteiger partial charge on any atom is 0.316 e. The molecule has 7 aromatic carbocycles. The first-order valence-corrected chi connectivity index (χ1v) is 41.5. The van der Waals surface area contributed by atoms with Crippen LogP contribution in [0.1, 0.15) is 157 Å². The number of nitrogens with zero attached hydrogens (tertiary/aromatic N) is 11. The average Bonchev–Trinajstić information content (AvgIpc) is 1.41. The Morgan fingerprint density at radius 2 is 0.621 bits per heavy atom. The molecule has 18 N–H and O–H groups in total. The van der Waals surface area contributed by atoms with Crippen LogP contribution in [0.5, 0.6) is 0 Å². The van der Waals surface area contributed by atoms with E-state index in [9.17, 15) is 47.9 Å². The van der Waals surface area contributed by atoms with E-state index in [1.165, 1.54) is 86.6 Å². The number of anilines is 22. The Hall–Kier alpha value is -16.8. The number of ether oxygens (including phenoxy) is 1. The highest BCUT2D eigenvalue weighted by molar-refractivity contribution is 6.02. The van der Waals surface area contributed by atoms with E-state index in [0.717, 1.165) is 78.1 Å². The summed E-state index contributed by atoms with van der Waals surface area (Å²) < 4.78 is 4.79. The zero-order chi connectivity index (χ0) is 93.8. The average molecular weight is 1790 g/mol. The van der Waals surface area contributed by atoms with Gasteiger partial charge in [-0.05, 0) is 206 Å². The lowest BCUT2D eigenvalue weighted by Crippen LogP contribution is -2.22. The van der Waals surface area contributed by atoms with Gasteiger partial charge in [0.05, 0.1) is 27.8 Å². The molecule has 15 rings (SSSR count). The molecule has 0 spiro atoms. The van der Waals surface area contributed by atoms with E-state index in [-0.39, 0.29) is 66.4 Å². The number of carbonyl (C=O) groups excluding carboxylic acids is 10. The van der Waals surface area contributed by atoms with Crippen molar-refractivity contribution < 1.29 is 52.7 Å². The van der Waals surface area contributed by atoms with Gasteiger partial charge in [-0.25, -0.2) is 29.7 Å². The van der Waals surface area contributed by atoms with Gasteiger partial charge in [0.2, 0.25) is 53.4 Å². The number of nitrogens with two attached hydrogens (primary N) is 2. The molecule has 0 unspecified atom stereocenters. The van der Waals surface area contributed by atoms with E-state index < -0.39 is 11.9 Å². The van der Waals surface area contributed by atoms with E-state index in [0.29, 0.717) is 139 Å². The lowest BCUT2D eigenvalue weighted by molar-refractivity contribution is -0.119. The Morgan fingerprint density at radius 1 is 0.348 bits per heavy atom. The first-order chi connectivity index (χ1) is 62.8. The summed E-state index contributed by atoms with van der Waals surface area (Å²) in [6, 6.07) is 51.9. The molecule has 682 valence electrons. The third-order valence-electron chi connectivity index (χ3n) is 18.9. The highest BCUT2D eigenvalue weighted by Gasteiger charge is 2.28. The minimum atomic E-state index is -0.649. The molecule has 38 nitrogen and oxygen atoms in total. The van der Waals surface area contributed by atoms with Crippen LogP contribution < -0.4 is 90.8 Å². The molecule has 0 bridgehead atoms. The van der Waals surface area contributed by atoms with Crippen LogP contribution in [0, 0.1) is 13.8 Å². The SMILES string of the molecule is C.CC(=O)Nc1cccc(Nc2ncc(C(C)=O)c(NC3CC3)n2)c1.CC(=O)Nc1cccc(Nc2ncc(C(C)=O)c(Nc3cccc(C)c3)n2)c1.CC(=O)c1cnc(Nc2cccc(N(C)C(C)=O)c2)nc1NC1CC1.CC(=O)c1cnc(Nc2cccc(NC(N)=O)c2)nc1Nc1cccc(C)c1.COCC(=O)Nc1cccc(Nc2ncc(C(N)=O)c(NC3CC3)n2)c1. The van der Waals surface area contributed by atoms with Crippen molar-refractivity contribution in [2.75, 3.05) is 100 Å². The number of ketones is 4. The summed E-state index contributed by atoms with van der Waals surface area (Å²) in [5, 5.41) is 42.2. The van der Waals surface area contributed by atoms with Gasteiger partial charge < -0.3 is 95.5 Å². The summed E-state index contributed by atoms with van der Waals surface area (Å²) in [6.07, 6.45) is 13.8. The van der Waals surface area contributed by atoms with Crippen molar-refractivity contribution in [1.29, 1.82) is 0 Å². The first-order valence-electron chi connectivity index (χ1n) is 41.5. The second-order valence-corrected chi connectivity index (χ2v) is 30.5. The van der Waals surface area contributed by atoms with Gasteiger partial charge in [-0.2, -0.15) is 24.9 Å². The van der Waals surface area contributed by atoms with Crippen molar-refractivity contribution in [2.24, 2.45) is 11.5 Å². The molecule has 38 heteroatoms. The van der Waals surface area contributed by atoms with Crippen molar-refractivity contribution in [3.05, 3.63) is 240 Å². The topological polar surface area (TPSA) is 533 Å². The van der Waals surface area contributed by atoms with E-state index in [1.54, 1.807) is 78.7 Å². The summed E-state index contributed by atoms with van der Waals surface area (Å²) in [5.41, 5.74) is 23.2. The summed E-state index contributed by atoms with van der Waals surface area (Å²) in [6.45, 7) is 14.3. The van der Waals surface area contributed by atoms with Crippen molar-refractivity contribution in [2.45, 2.75) is 126 Å². The highest BCUT2D eigenvalue weighted by Crippen LogP contribution is 2.33. The third-order valence-corrected chi connectivity index (χ3v) is 18.9. The van der Waals surface area contributed by atoms with Gasteiger partial charge in [-0.15, -0.1) is 0 Å². The van der Waals surface area contributed by atoms with Gasteiger partial charge in [0.25, 0.3) is 5.91 Å². The van der Waals surface area contributed by atoms with E-state index in [1.807, 2.05) is 117 Å². The number of aryl methyl sites for hydroxylation is 2. The number of rotatable bonds is 32. The number of methoxy groups -OCH3 is 1. The lowest BCUT2D eigenvalue weighted by atomic mass is 10.2. The van der Waals surface area contributed by atoms with Gasteiger partial charge in [-0.3, -0.25) is 43.2 Å². The van der Waals surface area contributed by atoms with Crippen LogP contribution in [-0.2, 0) is 23.9 Å². The number of carbonyl (C=O) groups is 10. The maximum absolute atomic E-state index is 12.0. The predicted octanol–water partition coefficient (Wildman–Crippen LogP) is 16.4. The van der Waals surface area contributed by atoms with Crippen molar-refractivity contribution in [3.63, 3.8) is 0 Å². The number of amides is 7. The number of hydrogen-bond acceptors (Lipinski definition) is 31. The molecule has 5 aromatic heterocycles. The normalized spacial score (nSPS) is 11.8. The molecule has 12 aromatic rings. The van der Waals surface area contributed by atoms with Crippen LogP contribution in [0.3, 0.4) is 0 Å². The van der Waals surface area contributed by atoms with E-state index in [4.69, 9.17) is 16.2 Å². The highest BCUT2D eigenvalue weighted by atomic mass is 16.5. The molecule has 3 aliphatic rings. The molecule has 0 aliphatic heterocycles. The maximum atomic E-state index is 12.0. The largest absolute Gasteiger partial charge is 0.375 e. The summed E-state index contributed by atoms with van der Waals surface area (Å²) in [7, 11) is 3.18. The summed E-state index contributed by atoms with van der Waals surface area (Å²) >= 11 is 0. The molecule has 3 saturated carbocycles. The Kier molecular flexibility index (Phi) is 34.4. The third kappa shape index (κ3) is 31.1. The molecule has 7 amide bonds. The number of hydrogen-bond donors (Lipinski definition) is 16. The second-order valence-electron chi connectivity index (χ2n) is 30.5. The fourth-order valence-electron chi connectivity index (χ4n) is 12.1. The Labute approximate surface area is 762 Å². The molecule has 3 fully saturated rings. The molecular formula is C94H105N27O11. The van der Waals surface area contributed by atoms with Crippen LogP contribution in [0.25, 0.3) is 0 Å². The molecule has 5 heterocycles. The van der Waals surface area contributed by atoms with Crippen LogP contribution in [0.4, 0.5) is 132 Å². The molecule has 0 saturated heterocycles. The number of primary amides is 2. The number of aromatic nitrogens is 10. The molecule has 0 radical (unpaired) electrons. The van der Waals surface area contributed by atoms with Gasteiger partial charge in [0, 0.05) is 152 Å². The fourth-order valence-corrected chi connectivity index (χ4v) is 12.1. The lowest BCUT2D eigenvalue weighted by Gasteiger charge is -2.16. The molecule has 132 heavy (non-hydrogen) atoms. The Balaban J connectivity index is 0.000000171. The second kappa shape index (κ2) is 46.6. The number of urea groups is 1. The Bertz CT molecular complexity index is 6040. The first kappa shape index (κ1) is 97.4. The molecule has 0 atom stereocenters. The Morgan fingerprint density at radius 3 is 0.917 bits per heavy atom. The van der Waals surface area contributed by atoms with Gasteiger partial charge >= 0.3 is 6.03 Å². The van der Waals surface area contributed by atoms with Crippen molar-refractivity contribution in [1.82, 2.24) is 49.8 Å². The van der Waals surface area contributed by atoms with Crippen molar-refractivity contribution >= 4 is 186 Å². The number of benzene rings is 7. The van der Waals surface area contributed by atoms with Crippen LogP contribution in [0.2, 0.25) is 0 Å². The minimum absolute atomic E-state index is 0. The van der Waals surface area contributed by atoms with Crippen LogP contribution in [-0.4, -0.2) is 147 Å². The predicted molar refractivity (Wildman–Crippen MR) is 514 cm³/mol. The monoisotopic (exact) mass is 1790 g/mol. The van der Waals surface area contributed by atoms with Crippen molar-refractivity contribution in [3.8, 4) is 0 Å². The minimum Gasteiger partial charge on any atom is -0.375 e. The van der Waals surface area contributed by atoms with Gasteiger partial charge in [0.15, 0.2) is 23.1 Å². The standard InChI is InChI=1S/C21H21N5O2.C20H20N6O2.C18H21N5O2.C17H20N6O3.C17H19N5O2.CH4/c1-13-6-4-7-16(10-13)24-20-19(14(2)27)12-22-21(26-20)25-18-9-5-8-17(11-18)23-15(3)28;1-12-5-3-6-14(9-12)23-18-17(13(2)27)11-22-20(26-18)25-16-8-4-7-15(10-16)24-19(21)28;1-11(24)16-10-19-18(22-17(16)20-13-7-8-13)21-14-5-4-6-15(9-14)23(3)12(2)25;1-26-9-14(24)20-11-3-2-4-12(7-11)22-17-19-8-13(15(18)25)16(23-17)21-10-5-6-10;1-10(23)15-9-18-17(22-16(15)20-12-6-7-12)21-14-5-3-4-13(8-14)19-11(2)24;/h4-12H,1-3H3,(H,23,28)(H2,22,24,25,26);3-11H,1-2H3,(H3,21,24,28)(H2,22,23,25,26);4-6,9-10,13H,7-8H2,1-3H3,(H2,19,20,21,22);2-4,7-8,10H,5-6,9H2,1H3,(H2,18,25)(H,20,24)(H2,19,21,22,23);3-5,8-9,12H,6-7H2,1-2H3,(H,19,24)(H2,18,20,21,22);1H4. The number of Topliss-reactive ketones (excluding diaryl/α,β-unsaturated/α-hetero) is 4. The molecular weight excluding hydrogens is 1680 g/mol. The van der Waals surface area contributed by atoms with E-state index in [2.05, 4.69) is 124 Å². The summed E-state index contributed by atoms with van der Waals surface area (Å²) in [4.78, 5) is 160. The summed E-state index contributed by atoms with van der Waals surface area (Å²) in [5.74, 6) is 2.53. The zero-order valence-corrected chi connectivity index (χ0v) is 73.8. The van der Waals surface area contributed by atoms with Gasteiger partial charge in [-0.1, -0.05) is 62.0 Å². The smallest absolute Gasteiger partial charge is 0.316 e. The molecule has 3 aliphatic carbocycles. The van der Waals surface area contributed by atoms with Crippen LogP contribution in [0.15, 0.2) is 201 Å². The quantitative estimate of drug-likeness (QED) is 0.0174. The van der Waals surface area contributed by atoms with Crippen LogP contribution >= 0.6 is 0 Å². The zero-order valence-electron chi connectivity index (χ0n) is 73.8. The van der Waals surface area contributed by atoms with E-state index >= 15 is 0 Å². The fraction of sp³-hybridized carbons (Fsp3) is 0.234. The van der Waals surface area contributed by atoms with Gasteiger partial charge in [0.1, 0.15) is 35.7 Å².